The number of hydrogen-bond donors (Lipinski definition) is 0. The molecule has 0 amide bonds. The van der Waals surface area contributed by atoms with Crippen LogP contribution in [-0.2, 0) is 13.9 Å². The van der Waals surface area contributed by atoms with Crippen molar-refractivity contribution < 1.29 is 18.4 Å². The van der Waals surface area contributed by atoms with E-state index in [1.165, 1.54) is 6.92 Å². The summed E-state index contributed by atoms with van der Waals surface area (Å²) in [6.07, 6.45) is 0. The molecule has 0 aliphatic carbocycles. The van der Waals surface area contributed by atoms with E-state index in [0.717, 1.165) is 0 Å². The first kappa shape index (κ1) is 13.4. The fraction of sp³-hybridized carbons (Fsp3) is 0.667. The van der Waals surface area contributed by atoms with Crippen LogP contribution in [0.1, 0.15) is 6.92 Å². The topological polar surface area (TPSA) is 43.4 Å². The van der Waals surface area contributed by atoms with E-state index in [4.69, 9.17) is 4.52 Å². The van der Waals surface area contributed by atoms with Gasteiger partial charge in [-0.05, 0) is 11.5 Å². The van der Waals surface area contributed by atoms with Crippen molar-refractivity contribution in [1.82, 2.24) is 0 Å². The van der Waals surface area contributed by atoms with Crippen LogP contribution in [0.25, 0.3) is 0 Å². The second kappa shape index (κ2) is 5.35. The molecular formula is C9H18NO3P+2. The van der Waals surface area contributed by atoms with Gasteiger partial charge in [0.25, 0.3) is 0 Å². The van der Waals surface area contributed by atoms with Gasteiger partial charge in [-0.2, -0.15) is 0 Å². The fourth-order valence-corrected chi connectivity index (χ4v) is 1.29. The molecule has 0 aromatic rings. The van der Waals surface area contributed by atoms with Crippen molar-refractivity contribution in [3.05, 3.63) is 12.2 Å². The third-order valence-electron chi connectivity index (χ3n) is 1.50. The zero-order valence-electron chi connectivity index (χ0n) is 9.24. The molecule has 0 fully saturated rings. The molecule has 0 saturated carbocycles. The Labute approximate surface area is 86.0 Å². The van der Waals surface area contributed by atoms with Gasteiger partial charge >= 0.3 is 13.6 Å². The van der Waals surface area contributed by atoms with Crippen molar-refractivity contribution in [2.45, 2.75) is 6.92 Å². The van der Waals surface area contributed by atoms with Crippen LogP contribution in [0.2, 0.25) is 0 Å². The van der Waals surface area contributed by atoms with Gasteiger partial charge < -0.3 is 4.48 Å². The first-order chi connectivity index (χ1) is 6.24. The lowest BCUT2D eigenvalue weighted by molar-refractivity contribution is -0.870. The predicted octanol–water partition coefficient (Wildman–Crippen LogP) is 1.55. The summed E-state index contributed by atoms with van der Waals surface area (Å²) in [6.45, 7) is 5.97. The summed E-state index contributed by atoms with van der Waals surface area (Å²) in [4.78, 5) is 11.1. The van der Waals surface area contributed by atoms with Gasteiger partial charge in [-0.25, -0.2) is 4.79 Å². The molecule has 5 heteroatoms. The van der Waals surface area contributed by atoms with Crippen molar-refractivity contribution in [3.8, 4) is 0 Å². The van der Waals surface area contributed by atoms with Crippen molar-refractivity contribution in [3.63, 3.8) is 0 Å². The molecule has 0 aromatic heterocycles. The largest absolute Gasteiger partial charge is 0.592 e. The summed E-state index contributed by atoms with van der Waals surface area (Å²) in [5, 5.41) is 0. The Kier molecular flexibility index (Phi) is 5.13. The summed E-state index contributed by atoms with van der Waals surface area (Å²) in [6, 6.07) is 0. The molecule has 0 aliphatic rings. The highest BCUT2D eigenvalue weighted by atomic mass is 31.1. The molecule has 0 N–H and O–H groups in total. The minimum atomic E-state index is -2.23. The van der Waals surface area contributed by atoms with E-state index in [1.807, 2.05) is 21.1 Å². The first-order valence-corrected chi connectivity index (χ1v) is 5.52. The Morgan fingerprint density at radius 2 is 1.93 bits per heavy atom. The van der Waals surface area contributed by atoms with E-state index >= 15 is 0 Å². The van der Waals surface area contributed by atoms with Gasteiger partial charge in [0.05, 0.1) is 21.1 Å². The number of allylic oxidation sites excluding steroid dienone is 1. The van der Waals surface area contributed by atoms with Gasteiger partial charge in [-0.1, -0.05) is 6.58 Å². The van der Waals surface area contributed by atoms with E-state index in [9.17, 15) is 9.36 Å². The smallest absolute Gasteiger partial charge is 0.329 e. The maximum absolute atomic E-state index is 11.2. The van der Waals surface area contributed by atoms with Crippen LogP contribution < -0.4 is 0 Å². The second-order valence-corrected chi connectivity index (χ2v) is 5.37. The van der Waals surface area contributed by atoms with Crippen molar-refractivity contribution >= 4 is 13.6 Å². The van der Waals surface area contributed by atoms with E-state index in [1.54, 1.807) is 0 Å². The Hall–Kier alpha value is -0.570. The highest BCUT2D eigenvalue weighted by Crippen LogP contribution is 2.26. The normalized spacial score (nSPS) is 12.4. The highest BCUT2D eigenvalue weighted by Gasteiger charge is 2.31. The molecule has 0 saturated heterocycles. The van der Waals surface area contributed by atoms with Gasteiger partial charge in [0.15, 0.2) is 6.61 Å². The summed E-state index contributed by atoms with van der Waals surface area (Å²) in [5.41, 5.74) is -0.224. The molecule has 4 nitrogen and oxygen atoms in total. The number of nitrogens with zero attached hydrogens (tertiary/aromatic N) is 1. The number of rotatable bonds is 6. The zero-order valence-corrected chi connectivity index (χ0v) is 10.1. The number of carbonyl (C=O) groups is 1. The predicted molar refractivity (Wildman–Crippen MR) is 56.3 cm³/mol. The van der Waals surface area contributed by atoms with E-state index in [-0.39, 0.29) is 5.57 Å². The summed E-state index contributed by atoms with van der Waals surface area (Å²) in [5.74, 6) is 0. The van der Waals surface area contributed by atoms with Crippen LogP contribution in [0.3, 0.4) is 0 Å². The average molecular weight is 219 g/mol. The minimum Gasteiger partial charge on any atom is -0.329 e. The first-order valence-electron chi connectivity index (χ1n) is 4.34. The lowest BCUT2D eigenvalue weighted by atomic mass is 10.4. The van der Waals surface area contributed by atoms with Gasteiger partial charge in [-0.15, -0.1) is 4.52 Å². The van der Waals surface area contributed by atoms with Crippen LogP contribution in [0.4, 0.5) is 0 Å². The number of quaternary nitrogens is 1. The standard InChI is InChI=1S/C9H18NO3P/c1-8(2)9(11)14(12)13-7-6-10(3,4)5/h1,6-7H2,2-5H3/q+2. The molecule has 0 radical (unpaired) electrons. The number of hydrogen-bond acceptors (Lipinski definition) is 3. The van der Waals surface area contributed by atoms with Gasteiger partial charge in [0.2, 0.25) is 0 Å². The van der Waals surface area contributed by atoms with E-state index < -0.39 is 13.6 Å². The van der Waals surface area contributed by atoms with E-state index in [0.29, 0.717) is 17.6 Å². The number of likely N-dealkylation sites (N-methyl/N-ethyl adjacent to an activating group) is 1. The molecule has 1 unspecified atom stereocenters. The summed E-state index contributed by atoms with van der Waals surface area (Å²) >= 11 is 0. The quantitative estimate of drug-likeness (QED) is 0.387. The molecule has 80 valence electrons. The minimum absolute atomic E-state index is 0.274. The maximum atomic E-state index is 11.2. The molecule has 0 heterocycles. The lowest BCUT2D eigenvalue weighted by Crippen LogP contribution is -2.37. The molecule has 0 aromatic carbocycles. The van der Waals surface area contributed by atoms with Crippen molar-refractivity contribution in [1.29, 1.82) is 0 Å². The molecule has 0 spiro atoms. The third kappa shape index (κ3) is 5.97. The third-order valence-corrected chi connectivity index (χ3v) is 2.63. The van der Waals surface area contributed by atoms with Crippen LogP contribution in [0.5, 0.6) is 0 Å². The summed E-state index contributed by atoms with van der Waals surface area (Å²) in [7, 11) is 3.76. The Morgan fingerprint density at radius 1 is 1.43 bits per heavy atom. The second-order valence-electron chi connectivity index (χ2n) is 4.19. The summed E-state index contributed by atoms with van der Waals surface area (Å²) < 4.78 is 16.8. The van der Waals surface area contributed by atoms with Crippen molar-refractivity contribution in [2.24, 2.45) is 0 Å². The molecule has 0 rings (SSSR count). The van der Waals surface area contributed by atoms with Crippen molar-refractivity contribution in [2.75, 3.05) is 34.3 Å². The molecular weight excluding hydrogens is 201 g/mol. The molecule has 1 atom stereocenters. The van der Waals surface area contributed by atoms with E-state index in [2.05, 4.69) is 6.58 Å². The fourth-order valence-electron chi connectivity index (χ4n) is 0.612. The molecule has 0 aliphatic heterocycles. The van der Waals surface area contributed by atoms with Gasteiger partial charge in [0.1, 0.15) is 6.54 Å². The van der Waals surface area contributed by atoms with Crippen LogP contribution in [0.15, 0.2) is 12.2 Å². The Bertz CT molecular complexity index is 255. The van der Waals surface area contributed by atoms with Crippen LogP contribution in [-0.4, -0.2) is 44.3 Å². The van der Waals surface area contributed by atoms with Crippen LogP contribution in [0, 0.1) is 0 Å². The monoisotopic (exact) mass is 219 g/mol. The maximum Gasteiger partial charge on any atom is 0.592 e. The Balaban J connectivity index is 3.87. The van der Waals surface area contributed by atoms with Gasteiger partial charge in [0, 0.05) is 5.57 Å². The highest BCUT2D eigenvalue weighted by molar-refractivity contribution is 7.60. The number of carbonyl (C=O) groups excluding carboxylic acids is 1. The Morgan fingerprint density at radius 3 is 2.29 bits per heavy atom. The molecule has 14 heavy (non-hydrogen) atoms. The SMILES string of the molecule is C=C(C)C(=O)[P+](=O)OCC[N+](C)(C)C. The zero-order chi connectivity index (χ0) is 11.4. The average Bonchev–Trinajstić information content (AvgIpc) is 2.00. The van der Waals surface area contributed by atoms with Gasteiger partial charge in [-0.3, -0.25) is 0 Å². The van der Waals surface area contributed by atoms with Crippen LogP contribution >= 0.6 is 8.03 Å². The lowest BCUT2D eigenvalue weighted by Gasteiger charge is -2.21. The molecule has 0 bridgehead atoms.